The standard InChI is InChI=1S/C26H23FN4O6S/c27-18-7-5-16(6-8-18)25(33)31-23(13-17-14-29-22-4-2-1-3-21(17)22)26(34)37-15-24(32)30-19-9-11-20(12-10-19)38(28,35)36/h1-12,14,23,29H,13,15H2,(H,30,32)(H,31,33)(H2,28,35,36)/t23-/m0/s1. The van der Waals surface area contributed by atoms with Crippen molar-refractivity contribution >= 4 is 44.4 Å². The number of hydrogen-bond acceptors (Lipinski definition) is 6. The summed E-state index contributed by atoms with van der Waals surface area (Å²) in [7, 11) is -3.88. The van der Waals surface area contributed by atoms with Crippen molar-refractivity contribution in [2.75, 3.05) is 11.9 Å². The van der Waals surface area contributed by atoms with Gasteiger partial charge in [-0.25, -0.2) is 22.7 Å². The van der Waals surface area contributed by atoms with Gasteiger partial charge in [-0.15, -0.1) is 0 Å². The van der Waals surface area contributed by atoms with Crippen molar-refractivity contribution in [1.29, 1.82) is 0 Å². The lowest BCUT2D eigenvalue weighted by Crippen LogP contribution is -2.44. The van der Waals surface area contributed by atoms with Gasteiger partial charge in [0.05, 0.1) is 4.90 Å². The molecule has 0 unspecified atom stereocenters. The molecule has 1 heterocycles. The van der Waals surface area contributed by atoms with Gasteiger partial charge in [-0.05, 0) is 60.2 Å². The number of rotatable bonds is 9. The molecule has 0 aliphatic rings. The quantitative estimate of drug-likeness (QED) is 0.240. The number of aromatic nitrogens is 1. The summed E-state index contributed by atoms with van der Waals surface area (Å²) in [5.41, 5.74) is 1.98. The number of sulfonamides is 1. The van der Waals surface area contributed by atoms with E-state index in [1.54, 1.807) is 6.20 Å². The Morgan fingerprint density at radius 1 is 0.974 bits per heavy atom. The van der Waals surface area contributed by atoms with E-state index in [2.05, 4.69) is 15.6 Å². The average molecular weight is 539 g/mol. The van der Waals surface area contributed by atoms with Crippen LogP contribution in [-0.4, -0.2) is 43.8 Å². The molecule has 0 bridgehead atoms. The first-order valence-corrected chi connectivity index (χ1v) is 12.9. The molecular formula is C26H23FN4O6S. The van der Waals surface area contributed by atoms with Crippen molar-refractivity contribution in [2.45, 2.75) is 17.4 Å². The Bertz CT molecular complexity index is 1580. The van der Waals surface area contributed by atoms with Crippen LogP contribution in [0.1, 0.15) is 15.9 Å². The number of carbonyl (C=O) groups is 3. The summed E-state index contributed by atoms with van der Waals surface area (Å²) in [5.74, 6) is -2.67. The number of benzene rings is 3. The van der Waals surface area contributed by atoms with E-state index in [-0.39, 0.29) is 22.6 Å². The summed E-state index contributed by atoms with van der Waals surface area (Å²) < 4.78 is 41.2. The van der Waals surface area contributed by atoms with Crippen LogP contribution in [0.25, 0.3) is 10.9 Å². The number of H-pyrrole nitrogens is 1. The summed E-state index contributed by atoms with van der Waals surface area (Å²) in [6.45, 7) is -0.660. The smallest absolute Gasteiger partial charge is 0.329 e. The molecule has 0 aliphatic carbocycles. The number of primary sulfonamides is 1. The Labute approximate surface area is 217 Å². The lowest BCUT2D eigenvalue weighted by Gasteiger charge is -2.18. The first-order chi connectivity index (χ1) is 18.1. The van der Waals surface area contributed by atoms with Gasteiger partial charge in [-0.1, -0.05) is 18.2 Å². The highest BCUT2D eigenvalue weighted by molar-refractivity contribution is 7.89. The Balaban J connectivity index is 1.45. The van der Waals surface area contributed by atoms with Crippen LogP contribution in [-0.2, 0) is 30.8 Å². The maximum Gasteiger partial charge on any atom is 0.329 e. The molecule has 2 amide bonds. The maximum atomic E-state index is 13.3. The van der Waals surface area contributed by atoms with E-state index in [1.807, 2.05) is 24.3 Å². The van der Waals surface area contributed by atoms with Crippen LogP contribution in [0.15, 0.2) is 83.9 Å². The molecule has 3 aromatic carbocycles. The van der Waals surface area contributed by atoms with Crippen LogP contribution in [0.2, 0.25) is 0 Å². The van der Waals surface area contributed by atoms with Gasteiger partial charge >= 0.3 is 5.97 Å². The van der Waals surface area contributed by atoms with E-state index in [4.69, 9.17) is 9.88 Å². The molecule has 10 nitrogen and oxygen atoms in total. The van der Waals surface area contributed by atoms with Crippen molar-refractivity contribution < 1.29 is 31.9 Å². The minimum absolute atomic E-state index is 0.0619. The fraction of sp³-hybridized carbons (Fsp3) is 0.115. The van der Waals surface area contributed by atoms with Crippen molar-refractivity contribution in [3.63, 3.8) is 0 Å². The van der Waals surface area contributed by atoms with Crippen LogP contribution in [0.3, 0.4) is 0 Å². The number of nitrogens with one attached hydrogen (secondary N) is 3. The van der Waals surface area contributed by atoms with E-state index in [0.29, 0.717) is 0 Å². The lowest BCUT2D eigenvalue weighted by molar-refractivity contribution is -0.149. The Morgan fingerprint density at radius 2 is 1.66 bits per heavy atom. The molecule has 1 aromatic heterocycles. The van der Waals surface area contributed by atoms with Crippen molar-refractivity contribution in [2.24, 2.45) is 5.14 Å². The molecule has 12 heteroatoms. The van der Waals surface area contributed by atoms with E-state index in [1.165, 1.54) is 36.4 Å². The molecule has 0 saturated heterocycles. The largest absolute Gasteiger partial charge is 0.454 e. The minimum Gasteiger partial charge on any atom is -0.454 e. The van der Waals surface area contributed by atoms with Gasteiger partial charge in [0.2, 0.25) is 10.0 Å². The zero-order chi connectivity index (χ0) is 27.3. The topological polar surface area (TPSA) is 160 Å². The minimum atomic E-state index is -3.88. The first kappa shape index (κ1) is 26.5. The number of para-hydroxylation sites is 1. The maximum absolute atomic E-state index is 13.3. The van der Waals surface area contributed by atoms with Gasteiger partial charge < -0.3 is 20.4 Å². The molecule has 0 spiro atoms. The van der Waals surface area contributed by atoms with Gasteiger partial charge in [0.25, 0.3) is 11.8 Å². The summed E-state index contributed by atoms with van der Waals surface area (Å²) in [4.78, 5) is 41.0. The number of ether oxygens (including phenoxy) is 1. The molecule has 5 N–H and O–H groups in total. The summed E-state index contributed by atoms with van der Waals surface area (Å²) in [6.07, 6.45) is 1.78. The van der Waals surface area contributed by atoms with Crippen molar-refractivity contribution in [3.05, 3.63) is 95.9 Å². The third-order valence-electron chi connectivity index (χ3n) is 5.61. The Morgan fingerprint density at radius 3 is 2.34 bits per heavy atom. The fourth-order valence-electron chi connectivity index (χ4n) is 3.72. The molecule has 0 fully saturated rings. The Kier molecular flexibility index (Phi) is 7.84. The molecule has 196 valence electrons. The number of carbonyl (C=O) groups excluding carboxylic acids is 3. The monoisotopic (exact) mass is 538 g/mol. The molecule has 1 atom stereocenters. The molecule has 0 saturated carbocycles. The highest BCUT2D eigenvalue weighted by Gasteiger charge is 2.25. The number of aromatic amines is 1. The fourth-order valence-corrected chi connectivity index (χ4v) is 4.23. The lowest BCUT2D eigenvalue weighted by atomic mass is 10.0. The Hall–Kier alpha value is -4.55. The number of nitrogens with two attached hydrogens (primary N) is 1. The predicted octanol–water partition coefficient (Wildman–Crippen LogP) is 2.48. The average Bonchev–Trinajstić information content (AvgIpc) is 3.30. The molecule has 0 radical (unpaired) electrons. The molecule has 4 rings (SSSR count). The van der Waals surface area contributed by atoms with Gasteiger partial charge in [-0.2, -0.15) is 0 Å². The van der Waals surface area contributed by atoms with Gasteiger partial charge in [0, 0.05) is 34.8 Å². The van der Waals surface area contributed by atoms with E-state index >= 15 is 0 Å². The molecule has 38 heavy (non-hydrogen) atoms. The van der Waals surface area contributed by atoms with Gasteiger partial charge in [0.1, 0.15) is 11.9 Å². The van der Waals surface area contributed by atoms with Crippen LogP contribution >= 0.6 is 0 Å². The highest BCUT2D eigenvalue weighted by atomic mass is 32.2. The first-order valence-electron chi connectivity index (χ1n) is 11.3. The summed E-state index contributed by atoms with van der Waals surface area (Å²) >= 11 is 0. The number of anilines is 1. The van der Waals surface area contributed by atoms with Crippen molar-refractivity contribution in [3.8, 4) is 0 Å². The summed E-state index contributed by atoms with van der Waals surface area (Å²) in [5, 5.41) is 11.0. The van der Waals surface area contributed by atoms with E-state index in [0.717, 1.165) is 28.6 Å². The number of fused-ring (bicyclic) bond motifs is 1. The zero-order valence-electron chi connectivity index (χ0n) is 19.8. The highest BCUT2D eigenvalue weighted by Crippen LogP contribution is 2.20. The second-order valence-electron chi connectivity index (χ2n) is 8.32. The van der Waals surface area contributed by atoms with E-state index < -0.39 is 46.3 Å². The van der Waals surface area contributed by atoms with Crippen molar-refractivity contribution in [1.82, 2.24) is 10.3 Å². The van der Waals surface area contributed by atoms with Crippen LogP contribution in [0.4, 0.5) is 10.1 Å². The van der Waals surface area contributed by atoms with Gasteiger partial charge in [-0.3, -0.25) is 9.59 Å². The molecule has 0 aliphatic heterocycles. The number of esters is 1. The SMILES string of the molecule is NS(=O)(=O)c1ccc(NC(=O)COC(=O)[C@H](Cc2c[nH]c3ccccc23)NC(=O)c2ccc(F)cc2)cc1. The van der Waals surface area contributed by atoms with E-state index in [9.17, 15) is 27.2 Å². The predicted molar refractivity (Wildman–Crippen MR) is 137 cm³/mol. The second-order valence-corrected chi connectivity index (χ2v) is 9.88. The summed E-state index contributed by atoms with van der Waals surface area (Å²) in [6, 6.07) is 16.2. The molecule has 4 aromatic rings. The van der Waals surface area contributed by atoms with Crippen LogP contribution in [0.5, 0.6) is 0 Å². The number of amides is 2. The molecular weight excluding hydrogens is 515 g/mol. The zero-order valence-corrected chi connectivity index (χ0v) is 20.6. The van der Waals surface area contributed by atoms with Gasteiger partial charge in [0.15, 0.2) is 6.61 Å². The second kappa shape index (κ2) is 11.2. The van der Waals surface area contributed by atoms with Crippen LogP contribution < -0.4 is 15.8 Å². The third-order valence-corrected chi connectivity index (χ3v) is 6.54. The normalized spacial score (nSPS) is 12.1. The van der Waals surface area contributed by atoms with Crippen LogP contribution in [0, 0.1) is 5.82 Å². The number of hydrogen-bond donors (Lipinski definition) is 4. The number of halogens is 1. The third kappa shape index (κ3) is 6.60.